The third kappa shape index (κ3) is 2.34. The number of carbonyl (C=O) groups excluding carboxylic acids is 1. The van der Waals surface area contributed by atoms with Crippen LogP contribution in [0.2, 0.25) is 0 Å². The highest BCUT2D eigenvalue weighted by molar-refractivity contribution is 5.90. The summed E-state index contributed by atoms with van der Waals surface area (Å²) in [5.41, 5.74) is 7.90. The zero-order valence-corrected chi connectivity index (χ0v) is 10.4. The van der Waals surface area contributed by atoms with Crippen LogP contribution < -0.4 is 5.73 Å². The first kappa shape index (κ1) is 12.2. The number of aryl methyl sites for hydroxylation is 1. The molecule has 94 valence electrons. The molecule has 18 heavy (non-hydrogen) atoms. The van der Waals surface area contributed by atoms with Crippen molar-refractivity contribution in [2.75, 3.05) is 12.3 Å². The van der Waals surface area contributed by atoms with Crippen molar-refractivity contribution in [1.29, 1.82) is 0 Å². The average molecular weight is 245 g/mol. The van der Waals surface area contributed by atoms with E-state index in [1.54, 1.807) is 35.9 Å². The maximum atomic E-state index is 11.6. The van der Waals surface area contributed by atoms with Crippen molar-refractivity contribution in [2.24, 2.45) is 0 Å². The monoisotopic (exact) mass is 245 g/mol. The standard InChI is InChI=1S/C13H15N3O2/c1-3-18-13(17)10-5-4-6-11(8-10)16-12(14)7-9(2)15-16/h4-8H,3,14H2,1-2H3. The maximum absolute atomic E-state index is 11.6. The first-order valence-corrected chi connectivity index (χ1v) is 5.71. The molecule has 0 unspecified atom stereocenters. The van der Waals surface area contributed by atoms with Crippen molar-refractivity contribution >= 4 is 11.8 Å². The van der Waals surface area contributed by atoms with Crippen LogP contribution in [0.3, 0.4) is 0 Å². The fourth-order valence-corrected chi connectivity index (χ4v) is 1.71. The molecular formula is C13H15N3O2. The molecule has 0 saturated carbocycles. The molecule has 0 saturated heterocycles. The minimum atomic E-state index is -0.346. The van der Waals surface area contributed by atoms with Gasteiger partial charge in [-0.05, 0) is 32.0 Å². The van der Waals surface area contributed by atoms with Crippen LogP contribution in [0.5, 0.6) is 0 Å². The summed E-state index contributed by atoms with van der Waals surface area (Å²) >= 11 is 0. The van der Waals surface area contributed by atoms with E-state index in [0.29, 0.717) is 18.0 Å². The highest BCUT2D eigenvalue weighted by Crippen LogP contribution is 2.16. The lowest BCUT2D eigenvalue weighted by atomic mass is 10.2. The maximum Gasteiger partial charge on any atom is 0.338 e. The number of esters is 1. The summed E-state index contributed by atoms with van der Waals surface area (Å²) in [5.74, 6) is 0.190. The van der Waals surface area contributed by atoms with Gasteiger partial charge in [-0.15, -0.1) is 0 Å². The summed E-state index contributed by atoms with van der Waals surface area (Å²) in [6.45, 7) is 3.99. The molecule has 1 aromatic heterocycles. The second-order valence-electron chi connectivity index (χ2n) is 3.89. The van der Waals surface area contributed by atoms with Crippen LogP contribution in [0.15, 0.2) is 30.3 Å². The number of nitrogens with zero attached hydrogens (tertiary/aromatic N) is 2. The van der Waals surface area contributed by atoms with Gasteiger partial charge in [0, 0.05) is 6.07 Å². The van der Waals surface area contributed by atoms with Gasteiger partial charge in [0.25, 0.3) is 0 Å². The lowest BCUT2D eigenvalue weighted by molar-refractivity contribution is 0.0526. The van der Waals surface area contributed by atoms with Crippen molar-refractivity contribution in [2.45, 2.75) is 13.8 Å². The Balaban J connectivity index is 2.38. The Morgan fingerprint density at radius 1 is 1.44 bits per heavy atom. The van der Waals surface area contributed by atoms with E-state index < -0.39 is 0 Å². The van der Waals surface area contributed by atoms with Gasteiger partial charge in [-0.3, -0.25) is 0 Å². The van der Waals surface area contributed by atoms with Gasteiger partial charge >= 0.3 is 5.97 Å². The van der Waals surface area contributed by atoms with Gasteiger partial charge in [0.15, 0.2) is 0 Å². The largest absolute Gasteiger partial charge is 0.462 e. The van der Waals surface area contributed by atoms with Crippen molar-refractivity contribution in [3.63, 3.8) is 0 Å². The quantitative estimate of drug-likeness (QED) is 0.839. The van der Waals surface area contributed by atoms with Crippen LogP contribution in [-0.2, 0) is 4.74 Å². The number of benzene rings is 1. The van der Waals surface area contributed by atoms with Crippen LogP contribution in [0.1, 0.15) is 23.0 Å². The molecule has 0 aliphatic carbocycles. The van der Waals surface area contributed by atoms with Gasteiger partial charge in [0.05, 0.1) is 23.6 Å². The third-order valence-corrected chi connectivity index (χ3v) is 2.46. The molecule has 2 aromatic rings. The second kappa shape index (κ2) is 4.91. The fourth-order valence-electron chi connectivity index (χ4n) is 1.71. The molecule has 0 radical (unpaired) electrons. The number of carbonyl (C=O) groups is 1. The highest BCUT2D eigenvalue weighted by Gasteiger charge is 2.09. The number of aromatic nitrogens is 2. The van der Waals surface area contributed by atoms with Crippen molar-refractivity contribution in [3.8, 4) is 5.69 Å². The lowest BCUT2D eigenvalue weighted by Crippen LogP contribution is -2.07. The van der Waals surface area contributed by atoms with Gasteiger partial charge in [0.1, 0.15) is 5.82 Å². The van der Waals surface area contributed by atoms with E-state index in [4.69, 9.17) is 10.5 Å². The van der Waals surface area contributed by atoms with Crippen molar-refractivity contribution in [1.82, 2.24) is 9.78 Å². The smallest absolute Gasteiger partial charge is 0.338 e. The fraction of sp³-hybridized carbons (Fsp3) is 0.231. The summed E-state index contributed by atoms with van der Waals surface area (Å²) in [5, 5.41) is 4.27. The van der Waals surface area contributed by atoms with Gasteiger partial charge in [-0.25, -0.2) is 9.48 Å². The van der Waals surface area contributed by atoms with E-state index in [0.717, 1.165) is 11.4 Å². The normalized spacial score (nSPS) is 10.3. The molecule has 5 heteroatoms. The number of hydrogen-bond donors (Lipinski definition) is 1. The Hall–Kier alpha value is -2.30. The van der Waals surface area contributed by atoms with Gasteiger partial charge in [0.2, 0.25) is 0 Å². The Bertz CT molecular complexity index is 575. The number of ether oxygens (including phenoxy) is 1. The number of nitrogen functional groups attached to an aromatic ring is 1. The van der Waals surface area contributed by atoms with Crippen LogP contribution in [0.4, 0.5) is 5.82 Å². The van der Waals surface area contributed by atoms with Crippen LogP contribution in [0, 0.1) is 6.92 Å². The zero-order chi connectivity index (χ0) is 13.1. The summed E-state index contributed by atoms with van der Waals surface area (Å²) in [7, 11) is 0. The van der Waals surface area contributed by atoms with E-state index in [1.165, 1.54) is 0 Å². The van der Waals surface area contributed by atoms with Crippen molar-refractivity contribution < 1.29 is 9.53 Å². The SMILES string of the molecule is CCOC(=O)c1cccc(-n2nc(C)cc2N)c1. The molecule has 1 heterocycles. The molecule has 5 nitrogen and oxygen atoms in total. The van der Waals surface area contributed by atoms with E-state index in [9.17, 15) is 4.79 Å². The number of anilines is 1. The van der Waals surface area contributed by atoms with Crippen LogP contribution in [0.25, 0.3) is 5.69 Å². The van der Waals surface area contributed by atoms with Crippen LogP contribution >= 0.6 is 0 Å². The summed E-state index contributed by atoms with van der Waals surface area (Å²) in [4.78, 5) is 11.6. The molecule has 0 aliphatic heterocycles. The van der Waals surface area contributed by atoms with Gasteiger partial charge < -0.3 is 10.5 Å². The molecule has 0 spiro atoms. The molecule has 0 bridgehead atoms. The lowest BCUT2D eigenvalue weighted by Gasteiger charge is -2.06. The minimum Gasteiger partial charge on any atom is -0.462 e. The average Bonchev–Trinajstić information content (AvgIpc) is 2.69. The molecular weight excluding hydrogens is 230 g/mol. The first-order valence-electron chi connectivity index (χ1n) is 5.71. The molecule has 0 amide bonds. The predicted octanol–water partition coefficient (Wildman–Crippen LogP) is 1.94. The molecule has 2 rings (SSSR count). The van der Waals surface area contributed by atoms with E-state index >= 15 is 0 Å². The number of hydrogen-bond acceptors (Lipinski definition) is 4. The summed E-state index contributed by atoms with van der Waals surface area (Å²) in [6, 6.07) is 8.80. The zero-order valence-electron chi connectivity index (χ0n) is 10.4. The summed E-state index contributed by atoms with van der Waals surface area (Å²) < 4.78 is 6.55. The summed E-state index contributed by atoms with van der Waals surface area (Å²) in [6.07, 6.45) is 0. The number of nitrogens with two attached hydrogens (primary N) is 1. The third-order valence-electron chi connectivity index (χ3n) is 2.46. The second-order valence-corrected chi connectivity index (χ2v) is 3.89. The Labute approximate surface area is 105 Å². The molecule has 1 aromatic carbocycles. The molecule has 2 N–H and O–H groups in total. The predicted molar refractivity (Wildman–Crippen MR) is 68.7 cm³/mol. The van der Waals surface area contributed by atoms with Gasteiger partial charge in [-0.1, -0.05) is 6.07 Å². The molecule has 0 aliphatic rings. The molecule has 0 fully saturated rings. The minimum absolute atomic E-state index is 0.346. The Morgan fingerprint density at radius 2 is 2.22 bits per heavy atom. The Kier molecular flexibility index (Phi) is 3.32. The van der Waals surface area contributed by atoms with Crippen molar-refractivity contribution in [3.05, 3.63) is 41.6 Å². The van der Waals surface area contributed by atoms with E-state index in [2.05, 4.69) is 5.10 Å². The van der Waals surface area contributed by atoms with E-state index in [-0.39, 0.29) is 5.97 Å². The number of rotatable bonds is 3. The highest BCUT2D eigenvalue weighted by atomic mass is 16.5. The van der Waals surface area contributed by atoms with Crippen LogP contribution in [-0.4, -0.2) is 22.4 Å². The molecule has 0 atom stereocenters. The van der Waals surface area contributed by atoms with Gasteiger partial charge in [-0.2, -0.15) is 5.10 Å². The van der Waals surface area contributed by atoms with E-state index in [1.807, 2.05) is 13.0 Å². The Morgan fingerprint density at radius 3 is 2.83 bits per heavy atom. The topological polar surface area (TPSA) is 70.1 Å². The first-order chi connectivity index (χ1) is 8.61.